The van der Waals surface area contributed by atoms with Gasteiger partial charge in [0, 0.05) is 5.69 Å². The number of nitrogens with one attached hydrogen (secondary N) is 1. The van der Waals surface area contributed by atoms with Crippen LogP contribution in [-0.4, -0.2) is 19.9 Å². The topological polar surface area (TPSA) is 76.7 Å². The Morgan fingerprint density at radius 2 is 1.95 bits per heavy atom. The van der Waals surface area contributed by atoms with E-state index in [1.165, 1.54) is 24.7 Å². The summed E-state index contributed by atoms with van der Waals surface area (Å²) in [4.78, 5) is 13.0. The smallest absolute Gasteiger partial charge is 0.141 e. The number of aryl methyl sites for hydroxylation is 2. The fraction of sp³-hybridized carbons (Fsp3) is 0.286. The first-order valence-corrected chi connectivity index (χ1v) is 6.99. The highest BCUT2D eigenvalue weighted by molar-refractivity contribution is 7.80. The number of anilines is 2. The van der Waals surface area contributed by atoms with Crippen LogP contribution in [0.5, 0.6) is 0 Å². The van der Waals surface area contributed by atoms with Crippen molar-refractivity contribution in [1.29, 1.82) is 0 Å². The van der Waals surface area contributed by atoms with Crippen molar-refractivity contribution in [1.82, 2.24) is 15.0 Å². The van der Waals surface area contributed by atoms with E-state index in [2.05, 4.69) is 21.4 Å². The van der Waals surface area contributed by atoms with Crippen molar-refractivity contribution >= 4 is 28.7 Å². The molecule has 0 fully saturated rings. The second-order valence-electron chi connectivity index (χ2n) is 4.81. The maximum atomic E-state index is 5.82. The minimum absolute atomic E-state index is 0.352. The Balaban J connectivity index is 2.02. The van der Waals surface area contributed by atoms with E-state index in [0.29, 0.717) is 10.8 Å². The third kappa shape index (κ3) is 2.60. The molecule has 0 spiro atoms. The maximum Gasteiger partial charge on any atom is 0.141 e. The molecule has 2 aromatic heterocycles. The number of nitrogens with zero attached hydrogens (tertiary/aromatic N) is 3. The molecule has 1 aliphatic rings. The zero-order valence-corrected chi connectivity index (χ0v) is 11.8. The number of fused-ring (bicyclic) bond motifs is 1. The Hall–Kier alpha value is -2.08. The molecule has 0 radical (unpaired) electrons. The van der Waals surface area contributed by atoms with Gasteiger partial charge in [-0.2, -0.15) is 0 Å². The summed E-state index contributed by atoms with van der Waals surface area (Å²) in [6.45, 7) is 0. The van der Waals surface area contributed by atoms with E-state index < -0.39 is 0 Å². The van der Waals surface area contributed by atoms with Crippen LogP contribution in [0.2, 0.25) is 0 Å². The van der Waals surface area contributed by atoms with Crippen molar-refractivity contribution in [3.63, 3.8) is 0 Å². The number of hydrogen-bond donors (Lipinski definition) is 2. The summed E-state index contributed by atoms with van der Waals surface area (Å²) in [5, 5.41) is 3.20. The Morgan fingerprint density at radius 3 is 2.70 bits per heavy atom. The predicted octanol–water partition coefficient (Wildman–Crippen LogP) is 2.13. The first kappa shape index (κ1) is 12.9. The summed E-state index contributed by atoms with van der Waals surface area (Å²) >= 11 is 5.14. The Kier molecular flexibility index (Phi) is 3.56. The highest BCUT2D eigenvalue weighted by Gasteiger charge is 2.16. The molecule has 0 saturated carbocycles. The van der Waals surface area contributed by atoms with Gasteiger partial charge in [-0.25, -0.2) is 15.0 Å². The van der Waals surface area contributed by atoms with Crippen molar-refractivity contribution < 1.29 is 0 Å². The molecule has 1 aliphatic carbocycles. The molecule has 102 valence electrons. The summed E-state index contributed by atoms with van der Waals surface area (Å²) in [6, 6.07) is 2.07. The molecule has 20 heavy (non-hydrogen) atoms. The molecule has 0 aliphatic heterocycles. The molecule has 5 nitrogen and oxygen atoms in total. The lowest BCUT2D eigenvalue weighted by molar-refractivity contribution is 0.668. The van der Waals surface area contributed by atoms with Gasteiger partial charge in [0.25, 0.3) is 0 Å². The van der Waals surface area contributed by atoms with Gasteiger partial charge in [0.1, 0.15) is 17.1 Å². The predicted molar refractivity (Wildman–Crippen MR) is 82.1 cm³/mol. The van der Waals surface area contributed by atoms with Gasteiger partial charge < -0.3 is 11.1 Å². The van der Waals surface area contributed by atoms with Crippen LogP contribution in [0.25, 0.3) is 0 Å². The van der Waals surface area contributed by atoms with Gasteiger partial charge in [0.15, 0.2) is 0 Å². The van der Waals surface area contributed by atoms with E-state index in [4.69, 9.17) is 22.9 Å². The van der Waals surface area contributed by atoms with Gasteiger partial charge >= 0.3 is 0 Å². The van der Waals surface area contributed by atoms with Gasteiger partial charge in [0.2, 0.25) is 0 Å². The summed E-state index contributed by atoms with van der Waals surface area (Å²) in [5.74, 6) is 0.688. The number of nitrogens with two attached hydrogens (primary N) is 1. The Morgan fingerprint density at radius 1 is 1.20 bits per heavy atom. The van der Waals surface area contributed by atoms with Crippen molar-refractivity contribution in [2.24, 2.45) is 5.73 Å². The largest absolute Gasteiger partial charge is 0.389 e. The average Bonchev–Trinajstić information content (AvgIpc) is 2.47. The molecule has 0 amide bonds. The monoisotopic (exact) mass is 285 g/mol. The molecule has 2 heterocycles. The highest BCUT2D eigenvalue weighted by Crippen LogP contribution is 2.26. The zero-order valence-electron chi connectivity index (χ0n) is 11.0. The van der Waals surface area contributed by atoms with Crippen LogP contribution >= 0.6 is 12.2 Å². The first-order chi connectivity index (χ1) is 9.74. The normalized spacial score (nSPS) is 13.6. The van der Waals surface area contributed by atoms with E-state index in [1.54, 1.807) is 12.4 Å². The van der Waals surface area contributed by atoms with Crippen molar-refractivity contribution in [2.75, 3.05) is 5.32 Å². The molecule has 6 heteroatoms. The number of hydrogen-bond acceptors (Lipinski definition) is 5. The average molecular weight is 285 g/mol. The molecule has 3 N–H and O–H groups in total. The van der Waals surface area contributed by atoms with Gasteiger partial charge in [-0.1, -0.05) is 12.2 Å². The van der Waals surface area contributed by atoms with Crippen LogP contribution < -0.4 is 11.1 Å². The van der Waals surface area contributed by atoms with Crippen LogP contribution in [0.15, 0.2) is 24.8 Å². The van der Waals surface area contributed by atoms with Crippen molar-refractivity contribution in [3.05, 3.63) is 41.6 Å². The molecule has 0 bridgehead atoms. The lowest BCUT2D eigenvalue weighted by atomic mass is 9.94. The summed E-state index contributed by atoms with van der Waals surface area (Å²) in [6.07, 6.45) is 9.31. The SMILES string of the molecule is NC(=S)c1cc2c(nc1Nc1cncnc1)CCCC2. The summed E-state index contributed by atoms with van der Waals surface area (Å²) in [5.41, 5.74) is 9.77. The lowest BCUT2D eigenvalue weighted by Gasteiger charge is -2.19. The van der Waals surface area contributed by atoms with Gasteiger partial charge in [-0.05, 0) is 37.3 Å². The van der Waals surface area contributed by atoms with Gasteiger partial charge in [-0.15, -0.1) is 0 Å². The lowest BCUT2D eigenvalue weighted by Crippen LogP contribution is -2.17. The number of rotatable bonds is 3. The second kappa shape index (κ2) is 5.50. The molecular formula is C14H15N5S. The highest BCUT2D eigenvalue weighted by atomic mass is 32.1. The van der Waals surface area contributed by atoms with Crippen molar-refractivity contribution in [2.45, 2.75) is 25.7 Å². The van der Waals surface area contributed by atoms with E-state index in [1.807, 2.05) is 0 Å². The summed E-state index contributed by atoms with van der Waals surface area (Å²) < 4.78 is 0. The molecule has 0 unspecified atom stereocenters. The standard InChI is InChI=1S/C14H15N5S/c15-13(20)11-5-9-3-1-2-4-12(9)19-14(11)18-10-6-16-8-17-7-10/h5-8H,1-4H2,(H2,15,20)(H,18,19). The molecule has 0 saturated heterocycles. The fourth-order valence-electron chi connectivity index (χ4n) is 2.42. The molecule has 0 atom stereocenters. The van der Waals surface area contributed by atoms with Crippen LogP contribution in [0.4, 0.5) is 11.5 Å². The number of pyridine rings is 1. The second-order valence-corrected chi connectivity index (χ2v) is 5.25. The Labute approximate surface area is 122 Å². The zero-order chi connectivity index (χ0) is 13.9. The fourth-order valence-corrected chi connectivity index (χ4v) is 2.57. The number of aromatic nitrogens is 3. The molecular weight excluding hydrogens is 270 g/mol. The summed E-state index contributed by atoms with van der Waals surface area (Å²) in [7, 11) is 0. The van der Waals surface area contributed by atoms with Crippen LogP contribution in [0.3, 0.4) is 0 Å². The third-order valence-corrected chi connectivity index (χ3v) is 3.61. The van der Waals surface area contributed by atoms with E-state index in [-0.39, 0.29) is 0 Å². The minimum Gasteiger partial charge on any atom is -0.389 e. The first-order valence-electron chi connectivity index (χ1n) is 6.58. The number of thiocarbonyl (C=S) groups is 1. The molecule has 0 aromatic carbocycles. The van der Waals surface area contributed by atoms with E-state index in [9.17, 15) is 0 Å². The molecule has 3 rings (SSSR count). The van der Waals surface area contributed by atoms with Crippen molar-refractivity contribution in [3.8, 4) is 0 Å². The third-order valence-electron chi connectivity index (χ3n) is 3.39. The maximum absolute atomic E-state index is 5.82. The van der Waals surface area contributed by atoms with Gasteiger partial charge in [0.05, 0.1) is 23.6 Å². The minimum atomic E-state index is 0.352. The van der Waals surface area contributed by atoms with Crippen LogP contribution in [-0.2, 0) is 12.8 Å². The van der Waals surface area contributed by atoms with Crippen LogP contribution in [0.1, 0.15) is 29.7 Å². The molecule has 2 aromatic rings. The Bertz CT molecular complexity index is 642. The quantitative estimate of drug-likeness (QED) is 0.841. The van der Waals surface area contributed by atoms with E-state index >= 15 is 0 Å². The van der Waals surface area contributed by atoms with E-state index in [0.717, 1.165) is 29.8 Å². The van der Waals surface area contributed by atoms with Crippen LogP contribution in [0, 0.1) is 0 Å². The van der Waals surface area contributed by atoms with Gasteiger partial charge in [-0.3, -0.25) is 0 Å².